The lowest BCUT2D eigenvalue weighted by Gasteiger charge is -2.21. The highest BCUT2D eigenvalue weighted by Crippen LogP contribution is 2.22. The zero-order valence-corrected chi connectivity index (χ0v) is 13.8. The van der Waals surface area contributed by atoms with Crippen molar-refractivity contribution in [3.63, 3.8) is 0 Å². The van der Waals surface area contributed by atoms with Crippen LogP contribution in [0.5, 0.6) is 0 Å². The zero-order chi connectivity index (χ0) is 14.6. The minimum Gasteiger partial charge on any atom is -0.409 e. The molecule has 0 aliphatic carbocycles. The summed E-state index contributed by atoms with van der Waals surface area (Å²) in [6.07, 6.45) is 0. The van der Waals surface area contributed by atoms with Gasteiger partial charge in [-0.25, -0.2) is 0 Å². The summed E-state index contributed by atoms with van der Waals surface area (Å²) in [5, 5.41) is 11.5. The average Bonchev–Trinajstić information content (AvgIpc) is 2.39. The van der Waals surface area contributed by atoms with Crippen LogP contribution < -0.4 is 5.73 Å². The summed E-state index contributed by atoms with van der Waals surface area (Å²) in [5.41, 5.74) is 6.06. The third kappa shape index (κ3) is 4.21. The van der Waals surface area contributed by atoms with E-state index in [2.05, 4.69) is 37.0 Å². The first-order valence-electron chi connectivity index (χ1n) is 5.54. The van der Waals surface area contributed by atoms with Crippen molar-refractivity contribution in [1.82, 2.24) is 4.90 Å². The first-order chi connectivity index (χ1) is 8.86. The van der Waals surface area contributed by atoms with Crippen molar-refractivity contribution in [3.8, 4) is 0 Å². The van der Waals surface area contributed by atoms with Gasteiger partial charge in [0.25, 0.3) is 5.91 Å². The zero-order valence-electron chi connectivity index (χ0n) is 10.6. The molecule has 0 aliphatic rings. The Bertz CT molecular complexity index is 506. The summed E-state index contributed by atoms with van der Waals surface area (Å²) in [5.74, 6) is -0.247. The van der Waals surface area contributed by atoms with E-state index in [0.29, 0.717) is 12.1 Å². The van der Waals surface area contributed by atoms with Crippen molar-refractivity contribution in [2.45, 2.75) is 6.92 Å². The number of carbonyl (C=O) groups is 1. The molecular formula is C12H15Br2N3O2. The lowest BCUT2D eigenvalue weighted by Crippen LogP contribution is -2.36. The van der Waals surface area contributed by atoms with E-state index in [1.54, 1.807) is 26.1 Å². The molecule has 0 saturated heterocycles. The number of oxime groups is 1. The predicted octanol–water partition coefficient (Wildman–Crippen LogP) is 2.67. The molecule has 1 aromatic carbocycles. The van der Waals surface area contributed by atoms with E-state index in [1.165, 1.54) is 4.90 Å². The molecule has 0 fully saturated rings. The maximum absolute atomic E-state index is 12.3. The van der Waals surface area contributed by atoms with Crippen molar-refractivity contribution >= 4 is 43.6 Å². The number of hydrogen-bond acceptors (Lipinski definition) is 3. The fourth-order valence-corrected chi connectivity index (χ4v) is 2.33. The Balaban J connectivity index is 2.85. The van der Waals surface area contributed by atoms with Crippen molar-refractivity contribution in [2.75, 3.05) is 13.6 Å². The van der Waals surface area contributed by atoms with Crippen LogP contribution in [-0.4, -0.2) is 35.4 Å². The van der Waals surface area contributed by atoms with Gasteiger partial charge in [-0.05, 0) is 34.1 Å². The highest BCUT2D eigenvalue weighted by molar-refractivity contribution is 9.11. The molecule has 0 spiro atoms. The molecule has 0 radical (unpaired) electrons. The smallest absolute Gasteiger partial charge is 0.254 e. The number of nitrogens with zero attached hydrogens (tertiary/aromatic N) is 2. The maximum Gasteiger partial charge on any atom is 0.254 e. The molecular weight excluding hydrogens is 378 g/mol. The van der Waals surface area contributed by atoms with Crippen LogP contribution in [0.4, 0.5) is 0 Å². The van der Waals surface area contributed by atoms with Gasteiger partial charge < -0.3 is 15.8 Å². The second kappa shape index (κ2) is 6.91. The molecule has 1 atom stereocenters. The second-order valence-electron chi connectivity index (χ2n) is 4.24. The Kier molecular flexibility index (Phi) is 5.81. The monoisotopic (exact) mass is 391 g/mol. The van der Waals surface area contributed by atoms with Gasteiger partial charge in [-0.2, -0.15) is 0 Å². The van der Waals surface area contributed by atoms with Crippen molar-refractivity contribution in [3.05, 3.63) is 32.7 Å². The Morgan fingerprint density at radius 2 is 2.16 bits per heavy atom. The molecule has 5 nitrogen and oxygen atoms in total. The van der Waals surface area contributed by atoms with Crippen LogP contribution >= 0.6 is 31.9 Å². The van der Waals surface area contributed by atoms with E-state index in [1.807, 2.05) is 6.07 Å². The second-order valence-corrected chi connectivity index (χ2v) is 6.01. The Morgan fingerprint density at radius 3 is 2.74 bits per heavy atom. The number of amides is 1. The molecule has 1 unspecified atom stereocenters. The van der Waals surface area contributed by atoms with Crippen LogP contribution in [0.3, 0.4) is 0 Å². The minimum atomic E-state index is -0.218. The number of nitrogens with two attached hydrogens (primary N) is 1. The topological polar surface area (TPSA) is 78.9 Å². The molecule has 0 bridgehead atoms. The molecule has 3 N–H and O–H groups in total. The molecule has 104 valence electrons. The van der Waals surface area contributed by atoms with Gasteiger partial charge in [-0.3, -0.25) is 4.79 Å². The van der Waals surface area contributed by atoms with Gasteiger partial charge in [0.1, 0.15) is 5.84 Å². The van der Waals surface area contributed by atoms with Crippen molar-refractivity contribution in [2.24, 2.45) is 16.8 Å². The summed E-state index contributed by atoms with van der Waals surface area (Å²) in [6, 6.07) is 5.40. The number of benzene rings is 1. The van der Waals surface area contributed by atoms with Gasteiger partial charge in [0, 0.05) is 28.5 Å². The van der Waals surface area contributed by atoms with E-state index >= 15 is 0 Å². The van der Waals surface area contributed by atoms with Gasteiger partial charge >= 0.3 is 0 Å². The fraction of sp³-hybridized carbons (Fsp3) is 0.333. The molecule has 1 rings (SSSR count). The molecule has 1 amide bonds. The fourth-order valence-electron chi connectivity index (χ4n) is 1.55. The first-order valence-corrected chi connectivity index (χ1v) is 7.13. The summed E-state index contributed by atoms with van der Waals surface area (Å²) in [7, 11) is 1.68. The third-order valence-electron chi connectivity index (χ3n) is 2.67. The summed E-state index contributed by atoms with van der Waals surface area (Å²) < 4.78 is 1.56. The highest BCUT2D eigenvalue weighted by Gasteiger charge is 2.18. The lowest BCUT2D eigenvalue weighted by molar-refractivity contribution is 0.0785. The number of halogens is 2. The molecule has 1 aromatic rings. The maximum atomic E-state index is 12.3. The van der Waals surface area contributed by atoms with E-state index in [9.17, 15) is 4.79 Å². The normalized spacial score (nSPS) is 13.2. The summed E-state index contributed by atoms with van der Waals surface area (Å²) in [6.45, 7) is 2.16. The molecule has 19 heavy (non-hydrogen) atoms. The van der Waals surface area contributed by atoms with E-state index in [0.717, 1.165) is 8.95 Å². The van der Waals surface area contributed by atoms with Crippen molar-refractivity contribution in [1.29, 1.82) is 0 Å². The number of hydrogen-bond donors (Lipinski definition) is 2. The van der Waals surface area contributed by atoms with Gasteiger partial charge in [-0.1, -0.05) is 28.0 Å². The number of amidine groups is 1. The first kappa shape index (κ1) is 16.0. The van der Waals surface area contributed by atoms with Crippen LogP contribution in [0.1, 0.15) is 17.3 Å². The molecule has 7 heteroatoms. The SMILES string of the molecule is CC(CN(C)C(=O)c1cc(Br)ccc1Br)/C(N)=N/O. The van der Waals surface area contributed by atoms with Crippen LogP contribution in [0.25, 0.3) is 0 Å². The largest absolute Gasteiger partial charge is 0.409 e. The van der Waals surface area contributed by atoms with Gasteiger partial charge in [-0.15, -0.1) is 0 Å². The molecule has 0 aromatic heterocycles. The quantitative estimate of drug-likeness (QED) is 0.358. The summed E-state index contributed by atoms with van der Waals surface area (Å²) in [4.78, 5) is 13.8. The molecule has 0 aliphatic heterocycles. The average molecular weight is 393 g/mol. The Morgan fingerprint density at radius 1 is 1.53 bits per heavy atom. The summed E-state index contributed by atoms with van der Waals surface area (Å²) >= 11 is 6.69. The van der Waals surface area contributed by atoms with Crippen LogP contribution in [0.2, 0.25) is 0 Å². The van der Waals surface area contributed by atoms with Gasteiger partial charge in [0.15, 0.2) is 0 Å². The van der Waals surface area contributed by atoms with Gasteiger partial charge in [0.05, 0.1) is 5.56 Å². The minimum absolute atomic E-state index is 0.105. The molecule has 0 heterocycles. The van der Waals surface area contributed by atoms with Crippen molar-refractivity contribution < 1.29 is 10.0 Å². The van der Waals surface area contributed by atoms with E-state index in [4.69, 9.17) is 10.9 Å². The Hall–Kier alpha value is -1.08. The predicted molar refractivity (Wildman–Crippen MR) is 81.4 cm³/mol. The van der Waals surface area contributed by atoms with E-state index < -0.39 is 0 Å². The van der Waals surface area contributed by atoms with Gasteiger partial charge in [0.2, 0.25) is 0 Å². The lowest BCUT2D eigenvalue weighted by atomic mass is 10.1. The third-order valence-corrected chi connectivity index (χ3v) is 3.86. The standard InChI is InChI=1S/C12H15Br2N3O2/c1-7(11(15)16-19)6-17(2)12(18)9-5-8(13)3-4-10(9)14/h3-5,7,19H,6H2,1-2H3,(H2,15,16). The van der Waals surface area contributed by atoms with Crippen LogP contribution in [0, 0.1) is 5.92 Å². The number of carbonyl (C=O) groups excluding carboxylic acids is 1. The van der Waals surface area contributed by atoms with Crippen LogP contribution in [0.15, 0.2) is 32.3 Å². The highest BCUT2D eigenvalue weighted by atomic mass is 79.9. The Labute approximate surface area is 128 Å². The number of rotatable bonds is 4. The van der Waals surface area contributed by atoms with E-state index in [-0.39, 0.29) is 17.7 Å². The molecule has 0 saturated carbocycles. The van der Waals surface area contributed by atoms with Crippen LogP contribution in [-0.2, 0) is 0 Å².